The monoisotopic (exact) mass is 193 g/mol. The molecule has 1 rings (SSSR count). The molecule has 2 N–H and O–H groups in total. The highest BCUT2D eigenvalue weighted by atomic mass is 16.5. The SMILES string of the molecule is CCC(CCN)OCc1ccccc1. The van der Waals surface area contributed by atoms with Crippen molar-refractivity contribution < 1.29 is 4.74 Å². The first-order valence-corrected chi connectivity index (χ1v) is 5.22. The Bertz CT molecular complexity index is 235. The third kappa shape index (κ3) is 3.90. The van der Waals surface area contributed by atoms with Crippen LogP contribution < -0.4 is 5.73 Å². The van der Waals surface area contributed by atoms with Gasteiger partial charge < -0.3 is 10.5 Å². The second-order valence-corrected chi connectivity index (χ2v) is 3.40. The van der Waals surface area contributed by atoms with E-state index in [1.807, 2.05) is 18.2 Å². The molecule has 1 unspecified atom stereocenters. The van der Waals surface area contributed by atoms with Crippen LogP contribution in [0.1, 0.15) is 25.3 Å². The maximum Gasteiger partial charge on any atom is 0.0720 e. The van der Waals surface area contributed by atoms with Crippen LogP contribution in [0.5, 0.6) is 0 Å². The Hall–Kier alpha value is -0.860. The van der Waals surface area contributed by atoms with Crippen LogP contribution in [-0.2, 0) is 11.3 Å². The average Bonchev–Trinajstić information content (AvgIpc) is 2.25. The number of hydrogen-bond donors (Lipinski definition) is 1. The first-order valence-electron chi connectivity index (χ1n) is 5.22. The van der Waals surface area contributed by atoms with Crippen LogP contribution in [0.2, 0.25) is 0 Å². The van der Waals surface area contributed by atoms with Gasteiger partial charge in [-0.1, -0.05) is 37.3 Å². The van der Waals surface area contributed by atoms with Crippen LogP contribution in [0.15, 0.2) is 30.3 Å². The molecular weight excluding hydrogens is 174 g/mol. The first-order chi connectivity index (χ1) is 6.86. The largest absolute Gasteiger partial charge is 0.374 e. The van der Waals surface area contributed by atoms with Crippen LogP contribution in [0, 0.1) is 0 Å². The molecule has 0 amide bonds. The molecule has 14 heavy (non-hydrogen) atoms. The summed E-state index contributed by atoms with van der Waals surface area (Å²) in [7, 11) is 0. The van der Waals surface area contributed by atoms with E-state index >= 15 is 0 Å². The summed E-state index contributed by atoms with van der Waals surface area (Å²) in [6.07, 6.45) is 2.29. The number of ether oxygens (including phenoxy) is 1. The van der Waals surface area contributed by atoms with Gasteiger partial charge in [-0.3, -0.25) is 0 Å². The Kier molecular flexibility index (Phi) is 5.27. The van der Waals surface area contributed by atoms with Crippen molar-refractivity contribution in [1.29, 1.82) is 0 Å². The number of nitrogens with two attached hydrogens (primary N) is 1. The van der Waals surface area contributed by atoms with E-state index in [4.69, 9.17) is 10.5 Å². The molecule has 0 saturated carbocycles. The van der Waals surface area contributed by atoms with Crippen molar-refractivity contribution in [3.63, 3.8) is 0 Å². The predicted octanol–water partition coefficient (Wildman–Crippen LogP) is 2.33. The molecule has 0 fully saturated rings. The molecule has 0 spiro atoms. The lowest BCUT2D eigenvalue weighted by atomic mass is 10.2. The van der Waals surface area contributed by atoms with Crippen LogP contribution in [0.3, 0.4) is 0 Å². The maximum atomic E-state index is 5.74. The Balaban J connectivity index is 2.32. The fourth-order valence-corrected chi connectivity index (χ4v) is 1.38. The molecule has 0 aromatic heterocycles. The highest BCUT2D eigenvalue weighted by molar-refractivity contribution is 5.13. The molecule has 0 radical (unpaired) electrons. The first kappa shape index (κ1) is 11.2. The fourth-order valence-electron chi connectivity index (χ4n) is 1.38. The third-order valence-corrected chi connectivity index (χ3v) is 2.27. The van der Waals surface area contributed by atoms with E-state index in [-0.39, 0.29) is 0 Å². The summed E-state index contributed by atoms with van der Waals surface area (Å²) in [4.78, 5) is 0. The van der Waals surface area contributed by atoms with Crippen molar-refractivity contribution in [3.8, 4) is 0 Å². The van der Waals surface area contributed by atoms with Crippen LogP contribution in [-0.4, -0.2) is 12.6 Å². The predicted molar refractivity (Wildman–Crippen MR) is 59.0 cm³/mol. The van der Waals surface area contributed by atoms with Crippen LogP contribution in [0.25, 0.3) is 0 Å². The zero-order valence-electron chi connectivity index (χ0n) is 8.78. The molecular formula is C12H19NO. The van der Waals surface area contributed by atoms with E-state index in [0.29, 0.717) is 19.3 Å². The van der Waals surface area contributed by atoms with Gasteiger partial charge in [-0.25, -0.2) is 0 Å². The smallest absolute Gasteiger partial charge is 0.0720 e. The van der Waals surface area contributed by atoms with Crippen molar-refractivity contribution in [2.45, 2.75) is 32.5 Å². The van der Waals surface area contributed by atoms with Gasteiger partial charge in [-0.2, -0.15) is 0 Å². The van der Waals surface area contributed by atoms with Gasteiger partial charge in [0.2, 0.25) is 0 Å². The lowest BCUT2D eigenvalue weighted by molar-refractivity contribution is 0.0342. The minimum atomic E-state index is 0.306. The molecule has 0 aliphatic heterocycles. The summed E-state index contributed by atoms with van der Waals surface area (Å²) in [6, 6.07) is 10.2. The molecule has 1 aromatic rings. The molecule has 0 bridgehead atoms. The van der Waals surface area contributed by atoms with E-state index in [0.717, 1.165) is 12.8 Å². The Morgan fingerprint density at radius 1 is 1.29 bits per heavy atom. The highest BCUT2D eigenvalue weighted by Crippen LogP contribution is 2.07. The van der Waals surface area contributed by atoms with Gasteiger partial charge in [0.05, 0.1) is 12.7 Å². The normalized spacial score (nSPS) is 12.7. The van der Waals surface area contributed by atoms with Gasteiger partial charge in [0.15, 0.2) is 0 Å². The molecule has 0 heterocycles. The van der Waals surface area contributed by atoms with Crippen LogP contribution >= 0.6 is 0 Å². The van der Waals surface area contributed by atoms with E-state index in [9.17, 15) is 0 Å². The Morgan fingerprint density at radius 3 is 2.57 bits per heavy atom. The number of benzene rings is 1. The topological polar surface area (TPSA) is 35.2 Å². The second kappa shape index (κ2) is 6.57. The lowest BCUT2D eigenvalue weighted by Crippen LogP contribution is -2.16. The molecule has 0 aliphatic carbocycles. The number of rotatable bonds is 6. The molecule has 2 nitrogen and oxygen atoms in total. The Morgan fingerprint density at radius 2 is 2.00 bits per heavy atom. The summed E-state index contributed by atoms with van der Waals surface area (Å²) >= 11 is 0. The Labute approximate surface area is 86.1 Å². The fraction of sp³-hybridized carbons (Fsp3) is 0.500. The molecule has 2 heteroatoms. The summed E-state index contributed by atoms with van der Waals surface area (Å²) < 4.78 is 5.74. The summed E-state index contributed by atoms with van der Waals surface area (Å²) in [5.41, 5.74) is 6.72. The lowest BCUT2D eigenvalue weighted by Gasteiger charge is -2.14. The van der Waals surface area contributed by atoms with E-state index in [1.165, 1.54) is 5.56 Å². The molecule has 1 atom stereocenters. The second-order valence-electron chi connectivity index (χ2n) is 3.40. The summed E-state index contributed by atoms with van der Waals surface area (Å²) in [5, 5.41) is 0. The van der Waals surface area contributed by atoms with Gasteiger partial charge in [0.25, 0.3) is 0 Å². The zero-order chi connectivity index (χ0) is 10.2. The van der Waals surface area contributed by atoms with E-state index < -0.39 is 0 Å². The van der Waals surface area contributed by atoms with Gasteiger partial charge in [0.1, 0.15) is 0 Å². The van der Waals surface area contributed by atoms with Crippen molar-refractivity contribution in [2.75, 3.05) is 6.54 Å². The van der Waals surface area contributed by atoms with E-state index in [1.54, 1.807) is 0 Å². The minimum Gasteiger partial charge on any atom is -0.374 e. The van der Waals surface area contributed by atoms with Crippen molar-refractivity contribution in [1.82, 2.24) is 0 Å². The van der Waals surface area contributed by atoms with Gasteiger partial charge >= 0.3 is 0 Å². The number of hydrogen-bond acceptors (Lipinski definition) is 2. The highest BCUT2D eigenvalue weighted by Gasteiger charge is 2.04. The summed E-state index contributed by atoms with van der Waals surface area (Å²) in [5.74, 6) is 0. The van der Waals surface area contributed by atoms with Gasteiger partial charge in [0, 0.05) is 0 Å². The van der Waals surface area contributed by atoms with Gasteiger partial charge in [-0.05, 0) is 24.9 Å². The molecule has 0 saturated heterocycles. The van der Waals surface area contributed by atoms with Crippen LogP contribution in [0.4, 0.5) is 0 Å². The molecule has 1 aromatic carbocycles. The standard InChI is InChI=1S/C12H19NO/c1-2-12(8-9-13)14-10-11-6-4-3-5-7-11/h3-7,12H,2,8-10,13H2,1H3. The minimum absolute atomic E-state index is 0.306. The third-order valence-electron chi connectivity index (χ3n) is 2.27. The van der Waals surface area contributed by atoms with Crippen molar-refractivity contribution >= 4 is 0 Å². The average molecular weight is 193 g/mol. The van der Waals surface area contributed by atoms with E-state index in [2.05, 4.69) is 19.1 Å². The molecule has 0 aliphatic rings. The van der Waals surface area contributed by atoms with Crippen molar-refractivity contribution in [2.24, 2.45) is 5.73 Å². The molecule has 78 valence electrons. The summed E-state index contributed by atoms with van der Waals surface area (Å²) in [6.45, 7) is 3.53. The maximum absolute atomic E-state index is 5.74. The quantitative estimate of drug-likeness (QED) is 0.752. The zero-order valence-corrected chi connectivity index (χ0v) is 8.78. The van der Waals surface area contributed by atoms with Crippen molar-refractivity contribution in [3.05, 3.63) is 35.9 Å². The van der Waals surface area contributed by atoms with Gasteiger partial charge in [-0.15, -0.1) is 0 Å².